The van der Waals surface area contributed by atoms with E-state index in [1.165, 1.54) is 0 Å². The normalized spacial score (nSPS) is 10.8. The fourth-order valence-corrected chi connectivity index (χ4v) is 3.83. The van der Waals surface area contributed by atoms with Crippen LogP contribution in [0.3, 0.4) is 0 Å². The van der Waals surface area contributed by atoms with Crippen LogP contribution in [-0.4, -0.2) is 35.1 Å². The Labute approximate surface area is 176 Å². The molecule has 0 atom stereocenters. The van der Waals surface area contributed by atoms with E-state index >= 15 is 0 Å². The van der Waals surface area contributed by atoms with Crippen LogP contribution in [0.15, 0.2) is 30.3 Å². The van der Waals surface area contributed by atoms with Gasteiger partial charge in [-0.1, -0.05) is 69.3 Å². The molecule has 0 aliphatic carbocycles. The molecule has 0 unspecified atom stereocenters. The average molecular weight is 418 g/mol. The number of hydrogen-bond donors (Lipinski definition) is 0. The summed E-state index contributed by atoms with van der Waals surface area (Å²) in [6.07, 6.45) is 2.54. The monoisotopic (exact) mass is 417 g/mol. The minimum Gasteiger partial charge on any atom is -0.462 e. The number of ether oxygens (including phenoxy) is 1. The van der Waals surface area contributed by atoms with Crippen molar-refractivity contribution in [3.05, 3.63) is 52.7 Å². The van der Waals surface area contributed by atoms with Gasteiger partial charge >= 0.3 is 5.97 Å². The lowest BCUT2D eigenvalue weighted by Gasteiger charge is -2.19. The number of benzene rings is 1. The lowest BCUT2D eigenvalue weighted by molar-refractivity contribution is 0.0504. The van der Waals surface area contributed by atoms with Gasteiger partial charge in [0.05, 0.1) is 35.8 Å². The number of rotatable bonds is 10. The zero-order chi connectivity index (χ0) is 21.2. The molecule has 2 rings (SSSR count). The molecular weight excluding hydrogens is 389 g/mol. The molecule has 156 valence electrons. The molecule has 0 aliphatic rings. The summed E-state index contributed by atoms with van der Waals surface area (Å²) < 4.78 is 18.1. The highest BCUT2D eigenvalue weighted by atomic mass is 32.2. The van der Waals surface area contributed by atoms with Gasteiger partial charge in [-0.3, -0.25) is 14.2 Å². The zero-order valence-electron chi connectivity index (χ0n) is 17.3. The Kier molecular flexibility index (Phi) is 9.32. The van der Waals surface area contributed by atoms with Gasteiger partial charge < -0.3 is 4.74 Å². The summed E-state index contributed by atoms with van der Waals surface area (Å²) in [6.45, 7) is 5.58. The van der Waals surface area contributed by atoms with Gasteiger partial charge in [0.25, 0.3) is 0 Å². The first-order valence-corrected chi connectivity index (χ1v) is 11.1. The van der Waals surface area contributed by atoms with E-state index in [0.29, 0.717) is 53.9 Å². The van der Waals surface area contributed by atoms with Crippen LogP contribution in [-0.2, 0) is 17.6 Å². The molecule has 0 amide bonds. The summed E-state index contributed by atoms with van der Waals surface area (Å²) in [5.41, 5.74) is 3.44. The number of thioether (sulfide) groups is 1. The molecule has 2 aromatic rings. The maximum Gasteiger partial charge on any atom is 0.340 e. The molecule has 1 aromatic heterocycles. The fraction of sp³-hybridized carbons (Fsp3) is 0.435. The number of aromatic nitrogens is 1. The van der Waals surface area contributed by atoms with E-state index in [2.05, 4.69) is 0 Å². The second-order valence-electron chi connectivity index (χ2n) is 6.57. The quantitative estimate of drug-likeness (QED) is 0.466. The van der Waals surface area contributed by atoms with Crippen molar-refractivity contribution in [3.63, 3.8) is 0 Å². The highest BCUT2D eigenvalue weighted by Crippen LogP contribution is 2.32. The van der Waals surface area contributed by atoms with Gasteiger partial charge in [0.15, 0.2) is 0 Å². The number of carbonyl (C=O) groups excluding carboxylic acids is 2. The minimum atomic E-state index is -0.581. The Balaban J connectivity index is 2.78. The van der Waals surface area contributed by atoms with Crippen molar-refractivity contribution in [2.75, 3.05) is 19.0 Å². The number of nitrogens with zero attached hydrogens (tertiary/aromatic N) is 1. The smallest absolute Gasteiger partial charge is 0.340 e. The first-order valence-electron chi connectivity index (χ1n) is 10.1. The van der Waals surface area contributed by atoms with Gasteiger partial charge in [0.2, 0.25) is 5.12 Å². The summed E-state index contributed by atoms with van der Waals surface area (Å²) in [5, 5.41) is -0.236. The number of alkyl halides is 1. The molecule has 4 nitrogen and oxygen atoms in total. The van der Waals surface area contributed by atoms with E-state index in [4.69, 9.17) is 9.72 Å². The second-order valence-corrected chi connectivity index (χ2v) is 7.63. The van der Waals surface area contributed by atoms with Gasteiger partial charge in [-0.05, 0) is 24.8 Å². The SMILES string of the molecule is CCCOC(=O)c1c(-c2ccccc2)nc(CC)c(C(=O)SCCF)c1CCC. The molecule has 0 bridgehead atoms. The molecule has 0 saturated carbocycles. The summed E-state index contributed by atoms with van der Waals surface area (Å²) in [5.74, 6) is -0.377. The lowest BCUT2D eigenvalue weighted by atomic mass is 9.92. The third kappa shape index (κ3) is 5.66. The minimum absolute atomic E-state index is 0.0869. The van der Waals surface area contributed by atoms with Crippen LogP contribution in [0.4, 0.5) is 4.39 Å². The van der Waals surface area contributed by atoms with Gasteiger partial charge in [-0.2, -0.15) is 0 Å². The maximum absolute atomic E-state index is 13.0. The van der Waals surface area contributed by atoms with Crippen molar-refractivity contribution in [3.8, 4) is 11.3 Å². The lowest BCUT2D eigenvalue weighted by Crippen LogP contribution is -2.18. The number of halogens is 1. The Morgan fingerprint density at radius 3 is 2.38 bits per heavy atom. The van der Waals surface area contributed by atoms with Crippen LogP contribution in [0.1, 0.15) is 65.6 Å². The molecule has 0 saturated heterocycles. The van der Waals surface area contributed by atoms with Crippen molar-refractivity contribution in [2.24, 2.45) is 0 Å². The zero-order valence-corrected chi connectivity index (χ0v) is 18.1. The largest absolute Gasteiger partial charge is 0.462 e. The number of aryl methyl sites for hydroxylation is 1. The molecule has 0 N–H and O–H groups in total. The first-order chi connectivity index (χ1) is 14.1. The van der Waals surface area contributed by atoms with Crippen LogP contribution in [0, 0.1) is 0 Å². The van der Waals surface area contributed by atoms with E-state index in [9.17, 15) is 14.0 Å². The molecule has 0 radical (unpaired) electrons. The first kappa shape index (κ1) is 23.1. The van der Waals surface area contributed by atoms with Crippen molar-refractivity contribution >= 4 is 22.8 Å². The number of esters is 1. The Bertz CT molecular complexity index is 840. The van der Waals surface area contributed by atoms with E-state index in [-0.39, 0.29) is 10.9 Å². The average Bonchev–Trinajstić information content (AvgIpc) is 2.75. The van der Waals surface area contributed by atoms with Crippen LogP contribution in [0.25, 0.3) is 11.3 Å². The Morgan fingerprint density at radius 2 is 1.79 bits per heavy atom. The van der Waals surface area contributed by atoms with Crippen molar-refractivity contribution in [1.29, 1.82) is 0 Å². The third-order valence-electron chi connectivity index (χ3n) is 4.41. The van der Waals surface area contributed by atoms with E-state index in [1.807, 2.05) is 51.1 Å². The Morgan fingerprint density at radius 1 is 1.07 bits per heavy atom. The molecule has 29 heavy (non-hydrogen) atoms. The highest BCUT2D eigenvalue weighted by Gasteiger charge is 2.28. The fourth-order valence-electron chi connectivity index (χ4n) is 3.18. The summed E-state index contributed by atoms with van der Waals surface area (Å²) in [4.78, 5) is 30.7. The maximum atomic E-state index is 13.0. The van der Waals surface area contributed by atoms with Crippen molar-refractivity contribution in [2.45, 2.75) is 46.5 Å². The molecule has 1 aromatic carbocycles. The van der Waals surface area contributed by atoms with Gasteiger partial charge in [-0.25, -0.2) is 4.79 Å². The van der Waals surface area contributed by atoms with Gasteiger partial charge in [-0.15, -0.1) is 0 Å². The van der Waals surface area contributed by atoms with Crippen LogP contribution < -0.4 is 0 Å². The van der Waals surface area contributed by atoms with Crippen LogP contribution >= 0.6 is 11.8 Å². The predicted molar refractivity (Wildman–Crippen MR) is 116 cm³/mol. The summed E-state index contributed by atoms with van der Waals surface area (Å²) >= 11 is 0.933. The molecule has 0 spiro atoms. The summed E-state index contributed by atoms with van der Waals surface area (Å²) in [6, 6.07) is 9.47. The predicted octanol–water partition coefficient (Wildman–Crippen LogP) is 5.67. The topological polar surface area (TPSA) is 56.3 Å². The Hall–Kier alpha value is -2.21. The molecule has 1 heterocycles. The number of hydrogen-bond acceptors (Lipinski definition) is 5. The second kappa shape index (κ2) is 11.7. The van der Waals surface area contributed by atoms with Gasteiger partial charge in [0.1, 0.15) is 0 Å². The number of carbonyl (C=O) groups is 2. The highest BCUT2D eigenvalue weighted by molar-refractivity contribution is 8.14. The third-order valence-corrected chi connectivity index (χ3v) is 5.24. The van der Waals surface area contributed by atoms with Crippen LogP contribution in [0.2, 0.25) is 0 Å². The van der Waals surface area contributed by atoms with Crippen LogP contribution in [0.5, 0.6) is 0 Å². The summed E-state index contributed by atoms with van der Waals surface area (Å²) in [7, 11) is 0. The van der Waals surface area contributed by atoms with Gasteiger partial charge in [0, 0.05) is 11.3 Å². The van der Waals surface area contributed by atoms with E-state index < -0.39 is 12.6 Å². The molecule has 0 aliphatic heterocycles. The van der Waals surface area contributed by atoms with Crippen molar-refractivity contribution in [1.82, 2.24) is 4.98 Å². The molecule has 0 fully saturated rings. The van der Waals surface area contributed by atoms with E-state index in [1.54, 1.807) is 0 Å². The van der Waals surface area contributed by atoms with Crippen molar-refractivity contribution < 1.29 is 18.7 Å². The van der Waals surface area contributed by atoms with E-state index in [0.717, 1.165) is 23.7 Å². The molecular formula is C23H28FNO3S. The standard InChI is InChI=1S/C23H28FNO3S/c1-4-10-17-19(23(27)29-15-13-24)18(6-3)25-21(16-11-8-7-9-12-16)20(17)22(26)28-14-5-2/h7-9,11-12H,4-6,10,13-15H2,1-3H3. The molecule has 6 heteroatoms. The number of pyridine rings is 1.